The molecule has 0 aromatic heterocycles. The van der Waals surface area contributed by atoms with Gasteiger partial charge in [-0.3, -0.25) is 0 Å². The van der Waals surface area contributed by atoms with Gasteiger partial charge >= 0.3 is 18.9 Å². The fourth-order valence-electron chi connectivity index (χ4n) is 0.713. The molecule has 0 aromatic carbocycles. The van der Waals surface area contributed by atoms with E-state index in [-0.39, 0.29) is 25.2 Å². The van der Waals surface area contributed by atoms with Gasteiger partial charge in [0.15, 0.2) is 0 Å². The van der Waals surface area contributed by atoms with Crippen molar-refractivity contribution in [3.8, 4) is 0 Å². The minimum atomic E-state index is -0.0881. The molecular weight excluding hydrogens is 147 g/mol. The van der Waals surface area contributed by atoms with Crippen molar-refractivity contribution in [1.82, 2.24) is 0 Å². The summed E-state index contributed by atoms with van der Waals surface area (Å²) in [5.41, 5.74) is 0. The molecule has 0 aliphatic carbocycles. The molecule has 0 aliphatic rings. The normalized spacial score (nSPS) is 10.0. The standard InChI is InChI=1S/C9H19O2.Li/c1-4-7-10-9(6-3)11-8-5-2;/h9H,3-8H2,1-2H3;/q-1;+1. The molecule has 0 unspecified atom stereocenters. The molecule has 3 heteroatoms. The first-order valence-electron chi connectivity index (χ1n) is 4.37. The molecule has 0 aliphatic heterocycles. The van der Waals surface area contributed by atoms with Crippen molar-refractivity contribution in [2.75, 3.05) is 13.2 Å². The van der Waals surface area contributed by atoms with Crippen LogP contribution >= 0.6 is 0 Å². The average molecular weight is 166 g/mol. The zero-order chi connectivity index (χ0) is 8.53. The van der Waals surface area contributed by atoms with E-state index in [4.69, 9.17) is 9.47 Å². The van der Waals surface area contributed by atoms with E-state index >= 15 is 0 Å². The van der Waals surface area contributed by atoms with Crippen LogP contribution in [0, 0.1) is 6.92 Å². The first-order chi connectivity index (χ1) is 5.35. The summed E-state index contributed by atoms with van der Waals surface area (Å²) >= 11 is 0. The van der Waals surface area contributed by atoms with Crippen LogP contribution in [0.5, 0.6) is 0 Å². The van der Waals surface area contributed by atoms with Crippen molar-refractivity contribution in [2.45, 2.75) is 39.4 Å². The summed E-state index contributed by atoms with van der Waals surface area (Å²) in [4.78, 5) is 0. The van der Waals surface area contributed by atoms with Crippen LogP contribution in [0.1, 0.15) is 33.1 Å². The molecule has 0 heterocycles. The van der Waals surface area contributed by atoms with Gasteiger partial charge in [-0.25, -0.2) is 0 Å². The van der Waals surface area contributed by atoms with Gasteiger partial charge in [-0.15, -0.1) is 6.42 Å². The summed E-state index contributed by atoms with van der Waals surface area (Å²) in [5, 5.41) is 0. The molecule has 68 valence electrons. The van der Waals surface area contributed by atoms with Gasteiger partial charge in [0, 0.05) is 13.2 Å². The molecule has 0 N–H and O–H groups in total. The van der Waals surface area contributed by atoms with E-state index < -0.39 is 0 Å². The van der Waals surface area contributed by atoms with Crippen molar-refractivity contribution in [2.24, 2.45) is 0 Å². The summed E-state index contributed by atoms with van der Waals surface area (Å²) in [6, 6.07) is 0. The summed E-state index contributed by atoms with van der Waals surface area (Å²) in [5.74, 6) is 0. The first-order valence-corrected chi connectivity index (χ1v) is 4.37. The molecule has 0 bridgehead atoms. The maximum absolute atomic E-state index is 5.36. The minimum absolute atomic E-state index is 0. The molecule has 0 saturated heterocycles. The summed E-state index contributed by atoms with van der Waals surface area (Å²) in [7, 11) is 0. The molecule has 0 aromatic rings. The Morgan fingerprint density at radius 1 is 1.08 bits per heavy atom. The molecule has 0 spiro atoms. The fourth-order valence-corrected chi connectivity index (χ4v) is 0.713. The van der Waals surface area contributed by atoms with Crippen molar-refractivity contribution < 1.29 is 28.3 Å². The molecule has 0 rings (SSSR count). The molecule has 0 amide bonds. The molecule has 2 nitrogen and oxygen atoms in total. The van der Waals surface area contributed by atoms with E-state index in [0.29, 0.717) is 6.42 Å². The third-order valence-electron chi connectivity index (χ3n) is 1.25. The predicted molar refractivity (Wildman–Crippen MR) is 46.2 cm³/mol. The minimum Gasteiger partial charge on any atom is -0.355 e. The Balaban J connectivity index is 0. The molecule has 0 radical (unpaired) electrons. The Hall–Kier alpha value is 0.517. The Morgan fingerprint density at radius 3 is 1.75 bits per heavy atom. The topological polar surface area (TPSA) is 18.5 Å². The van der Waals surface area contributed by atoms with Gasteiger partial charge in [0.05, 0.1) is 0 Å². The van der Waals surface area contributed by atoms with Gasteiger partial charge in [-0.1, -0.05) is 13.8 Å². The third-order valence-corrected chi connectivity index (χ3v) is 1.25. The van der Waals surface area contributed by atoms with Crippen molar-refractivity contribution in [1.29, 1.82) is 0 Å². The van der Waals surface area contributed by atoms with Gasteiger partial charge < -0.3 is 16.4 Å². The van der Waals surface area contributed by atoms with Crippen LogP contribution in [0.4, 0.5) is 0 Å². The maximum Gasteiger partial charge on any atom is 1.00 e. The second kappa shape index (κ2) is 11.5. The zero-order valence-electron chi connectivity index (χ0n) is 8.64. The molecule has 0 saturated carbocycles. The summed E-state index contributed by atoms with van der Waals surface area (Å²) in [6.45, 7) is 9.44. The molecule has 0 fully saturated rings. The number of rotatable bonds is 7. The largest absolute Gasteiger partial charge is 1.00 e. The van der Waals surface area contributed by atoms with Gasteiger partial charge in [0.25, 0.3) is 0 Å². The van der Waals surface area contributed by atoms with Crippen LogP contribution in [0.3, 0.4) is 0 Å². The second-order valence-corrected chi connectivity index (χ2v) is 2.46. The van der Waals surface area contributed by atoms with E-state index in [1.165, 1.54) is 0 Å². The van der Waals surface area contributed by atoms with Crippen LogP contribution in [-0.2, 0) is 9.47 Å². The fraction of sp³-hybridized carbons (Fsp3) is 0.889. The Morgan fingerprint density at radius 2 is 1.50 bits per heavy atom. The van der Waals surface area contributed by atoms with Gasteiger partial charge in [-0.2, -0.15) is 0 Å². The molecular formula is C9H19LiO2. The Kier molecular flexibility index (Phi) is 14.4. The average Bonchev–Trinajstić information content (AvgIpc) is 2.05. The van der Waals surface area contributed by atoms with Crippen molar-refractivity contribution >= 4 is 0 Å². The third kappa shape index (κ3) is 8.61. The summed E-state index contributed by atoms with van der Waals surface area (Å²) < 4.78 is 10.7. The van der Waals surface area contributed by atoms with Crippen LogP contribution in [-0.4, -0.2) is 19.5 Å². The van der Waals surface area contributed by atoms with E-state index in [1.54, 1.807) is 0 Å². The number of hydrogen-bond acceptors (Lipinski definition) is 2. The molecule has 0 atom stereocenters. The number of hydrogen-bond donors (Lipinski definition) is 0. The second-order valence-electron chi connectivity index (χ2n) is 2.46. The van der Waals surface area contributed by atoms with Crippen LogP contribution < -0.4 is 18.9 Å². The van der Waals surface area contributed by atoms with Gasteiger partial charge in [-0.05, 0) is 12.8 Å². The Bertz CT molecular complexity index is 70.9. The molecule has 12 heavy (non-hydrogen) atoms. The van der Waals surface area contributed by atoms with E-state index in [2.05, 4.69) is 20.8 Å². The number of ether oxygens (including phenoxy) is 2. The SMILES string of the molecule is [CH2-]CC(OCCC)OCCC.[Li+]. The first kappa shape index (κ1) is 15.0. The smallest absolute Gasteiger partial charge is 0.355 e. The van der Waals surface area contributed by atoms with Crippen LogP contribution in [0.15, 0.2) is 0 Å². The van der Waals surface area contributed by atoms with Crippen molar-refractivity contribution in [3.05, 3.63) is 6.92 Å². The predicted octanol–water partition coefficient (Wildman–Crippen LogP) is -0.606. The van der Waals surface area contributed by atoms with Gasteiger partial charge in [0.2, 0.25) is 0 Å². The summed E-state index contributed by atoms with van der Waals surface area (Å²) in [6.07, 6.45) is 2.67. The Labute approximate surface area is 88.2 Å². The maximum atomic E-state index is 5.36. The van der Waals surface area contributed by atoms with Crippen LogP contribution in [0.25, 0.3) is 0 Å². The monoisotopic (exact) mass is 166 g/mol. The van der Waals surface area contributed by atoms with E-state index in [9.17, 15) is 0 Å². The van der Waals surface area contributed by atoms with Gasteiger partial charge in [0.1, 0.15) is 6.29 Å². The van der Waals surface area contributed by atoms with Crippen LogP contribution in [0.2, 0.25) is 0 Å². The zero-order valence-corrected chi connectivity index (χ0v) is 8.64. The van der Waals surface area contributed by atoms with E-state index in [1.807, 2.05) is 0 Å². The van der Waals surface area contributed by atoms with E-state index in [0.717, 1.165) is 26.1 Å². The quantitative estimate of drug-likeness (QED) is 0.285. The van der Waals surface area contributed by atoms with Crippen molar-refractivity contribution in [3.63, 3.8) is 0 Å².